The molecule has 0 bridgehead atoms. The maximum absolute atomic E-state index is 11.5. The lowest BCUT2D eigenvalue weighted by atomic mass is 10.1. The summed E-state index contributed by atoms with van der Waals surface area (Å²) in [7, 11) is 0. The fourth-order valence-electron chi connectivity index (χ4n) is 1.94. The summed E-state index contributed by atoms with van der Waals surface area (Å²) in [5.74, 6) is 5.51. The van der Waals surface area contributed by atoms with Gasteiger partial charge in [0.15, 0.2) is 6.29 Å². The minimum Gasteiger partial charge on any atom is -0.507 e. The Morgan fingerprint density at radius 2 is 1.96 bits per heavy atom. The van der Waals surface area contributed by atoms with Crippen LogP contribution in [0, 0.1) is 11.8 Å². The van der Waals surface area contributed by atoms with E-state index in [1.54, 1.807) is 12.1 Å². The van der Waals surface area contributed by atoms with Gasteiger partial charge in [0.25, 0.3) is 0 Å². The van der Waals surface area contributed by atoms with Crippen LogP contribution < -0.4 is 5.32 Å². The lowest BCUT2D eigenvalue weighted by Gasteiger charge is -2.05. The first-order chi connectivity index (χ1) is 11.7. The second-order valence-corrected chi connectivity index (χ2v) is 4.90. The molecule has 0 spiro atoms. The van der Waals surface area contributed by atoms with Crippen LogP contribution in [0.4, 0.5) is 4.79 Å². The molecule has 0 aliphatic heterocycles. The van der Waals surface area contributed by atoms with Crippen LogP contribution in [0.15, 0.2) is 48.5 Å². The third kappa shape index (κ3) is 5.18. The van der Waals surface area contributed by atoms with E-state index in [0.717, 1.165) is 5.56 Å². The van der Waals surface area contributed by atoms with Gasteiger partial charge in [0, 0.05) is 18.5 Å². The molecule has 122 valence electrons. The van der Waals surface area contributed by atoms with E-state index in [1.807, 2.05) is 30.3 Å². The summed E-state index contributed by atoms with van der Waals surface area (Å²) < 4.78 is 5.06. The van der Waals surface area contributed by atoms with E-state index < -0.39 is 6.09 Å². The molecule has 2 aromatic rings. The van der Waals surface area contributed by atoms with Crippen LogP contribution in [0.5, 0.6) is 5.75 Å². The third-order valence-corrected chi connectivity index (χ3v) is 3.15. The molecule has 0 aliphatic rings. The monoisotopic (exact) mass is 323 g/mol. The predicted molar refractivity (Wildman–Crippen MR) is 89.6 cm³/mol. The predicted octanol–water partition coefficient (Wildman–Crippen LogP) is 2.87. The molecule has 0 radical (unpaired) electrons. The van der Waals surface area contributed by atoms with E-state index in [2.05, 4.69) is 17.2 Å². The molecule has 0 aromatic heterocycles. The zero-order valence-electron chi connectivity index (χ0n) is 13.0. The number of carbonyl (C=O) groups is 2. The van der Waals surface area contributed by atoms with Gasteiger partial charge in [0.2, 0.25) is 0 Å². The number of ether oxygens (including phenoxy) is 1. The Balaban J connectivity index is 1.76. The van der Waals surface area contributed by atoms with Gasteiger partial charge >= 0.3 is 6.09 Å². The van der Waals surface area contributed by atoms with Crippen molar-refractivity contribution in [3.8, 4) is 17.6 Å². The molecule has 0 saturated heterocycles. The highest BCUT2D eigenvalue weighted by Gasteiger charge is 2.04. The smallest absolute Gasteiger partial charge is 0.407 e. The van der Waals surface area contributed by atoms with E-state index in [1.165, 1.54) is 6.07 Å². The van der Waals surface area contributed by atoms with Crippen molar-refractivity contribution in [3.63, 3.8) is 0 Å². The molecule has 0 aliphatic carbocycles. The number of amides is 1. The number of hydrogen-bond acceptors (Lipinski definition) is 4. The Bertz CT molecular complexity index is 760. The van der Waals surface area contributed by atoms with Gasteiger partial charge < -0.3 is 15.2 Å². The number of aromatic hydroxyl groups is 1. The number of alkyl carbamates (subject to hydrolysis) is 1. The molecule has 0 saturated carbocycles. The topological polar surface area (TPSA) is 75.6 Å². The Morgan fingerprint density at radius 1 is 1.17 bits per heavy atom. The summed E-state index contributed by atoms with van der Waals surface area (Å²) in [5, 5.41) is 12.3. The van der Waals surface area contributed by atoms with Crippen LogP contribution in [-0.2, 0) is 11.3 Å². The quantitative estimate of drug-likeness (QED) is 0.504. The number of nitrogens with one attached hydrogen (secondary N) is 1. The molecular weight excluding hydrogens is 306 g/mol. The largest absolute Gasteiger partial charge is 0.507 e. The SMILES string of the molecule is O=Cc1cccc(O)c1C#CCCNC(=O)OCc1ccccc1. The number of phenols is 1. The second-order valence-electron chi connectivity index (χ2n) is 4.90. The maximum atomic E-state index is 11.5. The molecular formula is C19H17NO4. The van der Waals surface area contributed by atoms with Gasteiger partial charge in [0.05, 0.1) is 5.56 Å². The lowest BCUT2D eigenvalue weighted by Crippen LogP contribution is -2.24. The number of aldehydes is 1. The van der Waals surface area contributed by atoms with Gasteiger partial charge in [-0.1, -0.05) is 54.3 Å². The zero-order valence-corrected chi connectivity index (χ0v) is 13.0. The number of hydrogen-bond donors (Lipinski definition) is 2. The van der Waals surface area contributed by atoms with E-state index in [-0.39, 0.29) is 12.4 Å². The van der Waals surface area contributed by atoms with Gasteiger partial charge in [0.1, 0.15) is 12.4 Å². The number of rotatable bonds is 5. The molecule has 24 heavy (non-hydrogen) atoms. The van der Waals surface area contributed by atoms with E-state index in [0.29, 0.717) is 30.4 Å². The molecule has 0 unspecified atom stereocenters. The first-order valence-corrected chi connectivity index (χ1v) is 7.41. The summed E-state index contributed by atoms with van der Waals surface area (Å²) in [6.45, 7) is 0.517. The average molecular weight is 323 g/mol. The van der Waals surface area contributed by atoms with Gasteiger partial charge in [-0.05, 0) is 11.6 Å². The van der Waals surface area contributed by atoms with Gasteiger partial charge in [-0.15, -0.1) is 0 Å². The molecule has 5 heteroatoms. The lowest BCUT2D eigenvalue weighted by molar-refractivity contribution is 0.112. The summed E-state index contributed by atoms with van der Waals surface area (Å²) in [6.07, 6.45) is 0.493. The van der Waals surface area contributed by atoms with Crippen LogP contribution in [0.2, 0.25) is 0 Å². The highest BCUT2D eigenvalue weighted by Crippen LogP contribution is 2.18. The molecule has 0 fully saturated rings. The van der Waals surface area contributed by atoms with E-state index >= 15 is 0 Å². The minimum atomic E-state index is -0.517. The van der Waals surface area contributed by atoms with Crippen molar-refractivity contribution in [1.29, 1.82) is 0 Å². The van der Waals surface area contributed by atoms with Crippen LogP contribution in [0.25, 0.3) is 0 Å². The number of carbonyl (C=O) groups excluding carboxylic acids is 2. The Morgan fingerprint density at radius 3 is 2.71 bits per heavy atom. The van der Waals surface area contributed by atoms with Crippen molar-refractivity contribution in [2.24, 2.45) is 0 Å². The standard InChI is InChI=1S/C19H17NO4/c21-13-16-9-6-11-18(22)17(16)10-4-5-12-20-19(23)24-14-15-7-2-1-3-8-15/h1-3,6-9,11,13,22H,5,12,14H2,(H,20,23). The fraction of sp³-hybridized carbons (Fsp3) is 0.158. The summed E-state index contributed by atoms with van der Waals surface area (Å²) in [6, 6.07) is 14.0. The minimum absolute atomic E-state index is 0.0395. The third-order valence-electron chi connectivity index (χ3n) is 3.15. The highest BCUT2D eigenvalue weighted by molar-refractivity contribution is 5.81. The maximum Gasteiger partial charge on any atom is 0.407 e. The van der Waals surface area contributed by atoms with Gasteiger partial charge in [-0.3, -0.25) is 4.79 Å². The fourth-order valence-corrected chi connectivity index (χ4v) is 1.94. The van der Waals surface area contributed by atoms with Crippen molar-refractivity contribution >= 4 is 12.4 Å². The van der Waals surface area contributed by atoms with Crippen molar-refractivity contribution in [2.45, 2.75) is 13.0 Å². The highest BCUT2D eigenvalue weighted by atomic mass is 16.5. The van der Waals surface area contributed by atoms with Crippen LogP contribution >= 0.6 is 0 Å². The zero-order chi connectivity index (χ0) is 17.2. The van der Waals surface area contributed by atoms with Gasteiger partial charge in [-0.2, -0.15) is 0 Å². The molecule has 2 N–H and O–H groups in total. The molecule has 5 nitrogen and oxygen atoms in total. The van der Waals surface area contributed by atoms with Crippen LogP contribution in [-0.4, -0.2) is 24.0 Å². The molecule has 0 heterocycles. The Hall–Kier alpha value is -3.26. The summed E-state index contributed by atoms with van der Waals surface area (Å²) in [5.41, 5.74) is 1.53. The summed E-state index contributed by atoms with van der Waals surface area (Å²) >= 11 is 0. The molecule has 0 atom stereocenters. The number of benzene rings is 2. The second kappa shape index (κ2) is 9.01. The molecule has 1 amide bonds. The number of phenolic OH excluding ortho intramolecular Hbond substituents is 1. The van der Waals surface area contributed by atoms with Crippen LogP contribution in [0.3, 0.4) is 0 Å². The van der Waals surface area contributed by atoms with Crippen molar-refractivity contribution < 1.29 is 19.4 Å². The molecule has 2 aromatic carbocycles. The van der Waals surface area contributed by atoms with Gasteiger partial charge in [-0.25, -0.2) is 4.79 Å². The Labute approximate surface area is 140 Å². The molecule has 2 rings (SSSR count). The normalized spacial score (nSPS) is 9.50. The Kier molecular flexibility index (Phi) is 6.42. The first kappa shape index (κ1) is 17.1. The van der Waals surface area contributed by atoms with E-state index in [9.17, 15) is 14.7 Å². The summed E-state index contributed by atoms with van der Waals surface area (Å²) in [4.78, 5) is 22.4. The average Bonchev–Trinajstić information content (AvgIpc) is 2.61. The van der Waals surface area contributed by atoms with Crippen molar-refractivity contribution in [3.05, 3.63) is 65.2 Å². The van der Waals surface area contributed by atoms with Crippen molar-refractivity contribution in [1.82, 2.24) is 5.32 Å². The van der Waals surface area contributed by atoms with E-state index in [4.69, 9.17) is 4.74 Å². The van der Waals surface area contributed by atoms with Crippen LogP contribution in [0.1, 0.15) is 27.9 Å². The first-order valence-electron chi connectivity index (χ1n) is 7.41. The van der Waals surface area contributed by atoms with Crippen molar-refractivity contribution in [2.75, 3.05) is 6.54 Å².